The van der Waals surface area contributed by atoms with Crippen molar-refractivity contribution in [3.05, 3.63) is 29.0 Å². The lowest BCUT2D eigenvalue weighted by Crippen LogP contribution is -2.36. The molecule has 0 spiro atoms. The van der Waals surface area contributed by atoms with Crippen molar-refractivity contribution in [1.29, 1.82) is 0 Å². The van der Waals surface area contributed by atoms with Gasteiger partial charge in [-0.3, -0.25) is 9.78 Å². The molecule has 0 aromatic carbocycles. The van der Waals surface area contributed by atoms with Crippen LogP contribution in [-0.2, 0) is 0 Å². The summed E-state index contributed by atoms with van der Waals surface area (Å²) in [5.74, 6) is -0.129. The molecule has 1 aliphatic rings. The van der Waals surface area contributed by atoms with Crippen molar-refractivity contribution in [3.63, 3.8) is 0 Å². The van der Waals surface area contributed by atoms with E-state index in [0.29, 0.717) is 10.6 Å². The number of aromatic nitrogens is 1. The second kappa shape index (κ2) is 7.71. The lowest BCUT2D eigenvalue weighted by molar-refractivity contribution is 0.0940. The lowest BCUT2D eigenvalue weighted by atomic mass is 10.2. The van der Waals surface area contributed by atoms with Crippen LogP contribution in [0.15, 0.2) is 18.5 Å². The molecule has 0 radical (unpaired) electrons. The molecule has 7 heteroatoms. The summed E-state index contributed by atoms with van der Waals surface area (Å²) >= 11 is 5.87. The van der Waals surface area contributed by atoms with Crippen LogP contribution >= 0.6 is 36.4 Å². The van der Waals surface area contributed by atoms with E-state index in [1.807, 2.05) is 0 Å². The summed E-state index contributed by atoms with van der Waals surface area (Å²) in [6.45, 7) is 1.78. The molecule has 0 bridgehead atoms. The Balaban J connectivity index is 0.00000128. The number of hydrogen-bond donors (Lipinski definition) is 2. The van der Waals surface area contributed by atoms with Crippen molar-refractivity contribution in [1.82, 2.24) is 15.6 Å². The van der Waals surface area contributed by atoms with Gasteiger partial charge in [-0.2, -0.15) is 0 Å². The molecule has 1 aliphatic heterocycles. The molecule has 2 N–H and O–H groups in total. The summed E-state index contributed by atoms with van der Waals surface area (Å²) in [5.41, 5.74) is 0.485. The van der Waals surface area contributed by atoms with Gasteiger partial charge in [0.1, 0.15) is 0 Å². The van der Waals surface area contributed by atoms with Crippen molar-refractivity contribution in [3.8, 4) is 0 Å². The van der Waals surface area contributed by atoms with Crippen molar-refractivity contribution in [2.75, 3.05) is 13.1 Å². The average Bonchev–Trinajstić information content (AvgIpc) is 2.71. The zero-order chi connectivity index (χ0) is 10.7. The Hall–Kier alpha value is -0.550. The van der Waals surface area contributed by atoms with Gasteiger partial charge in [-0.05, 0) is 19.0 Å². The Morgan fingerprint density at radius 3 is 2.88 bits per heavy atom. The molecule has 4 nitrogen and oxygen atoms in total. The van der Waals surface area contributed by atoms with E-state index in [4.69, 9.17) is 11.6 Å². The Morgan fingerprint density at radius 1 is 1.53 bits per heavy atom. The maximum atomic E-state index is 11.8. The van der Waals surface area contributed by atoms with E-state index in [1.54, 1.807) is 12.3 Å². The van der Waals surface area contributed by atoms with E-state index in [2.05, 4.69) is 15.6 Å². The third kappa shape index (κ3) is 4.32. The van der Waals surface area contributed by atoms with E-state index < -0.39 is 0 Å². The number of rotatable bonds is 2. The van der Waals surface area contributed by atoms with Gasteiger partial charge in [-0.1, -0.05) is 11.6 Å². The lowest BCUT2D eigenvalue weighted by Gasteiger charge is -2.11. The van der Waals surface area contributed by atoms with E-state index in [-0.39, 0.29) is 36.8 Å². The van der Waals surface area contributed by atoms with Gasteiger partial charge in [0, 0.05) is 25.0 Å². The molecule has 2 heterocycles. The molecule has 1 fully saturated rings. The Bertz CT molecular complexity index is 370. The predicted molar refractivity (Wildman–Crippen MR) is 72.5 cm³/mol. The highest BCUT2D eigenvalue weighted by atomic mass is 35.5. The van der Waals surface area contributed by atoms with E-state index >= 15 is 0 Å². The largest absolute Gasteiger partial charge is 0.348 e. The van der Waals surface area contributed by atoms with Gasteiger partial charge in [0.25, 0.3) is 5.91 Å². The van der Waals surface area contributed by atoms with Crippen LogP contribution < -0.4 is 10.6 Å². The summed E-state index contributed by atoms with van der Waals surface area (Å²) in [5, 5.41) is 6.50. The minimum Gasteiger partial charge on any atom is -0.348 e. The molecule has 96 valence electrons. The second-order valence-electron chi connectivity index (χ2n) is 3.52. The fraction of sp³-hybridized carbons (Fsp3) is 0.400. The summed E-state index contributed by atoms with van der Waals surface area (Å²) < 4.78 is 0. The minimum absolute atomic E-state index is 0. The number of amides is 1. The van der Waals surface area contributed by atoms with Crippen LogP contribution in [0, 0.1) is 0 Å². The molecule has 1 saturated heterocycles. The minimum atomic E-state index is -0.129. The zero-order valence-electron chi connectivity index (χ0n) is 8.98. The van der Waals surface area contributed by atoms with Crippen molar-refractivity contribution in [2.24, 2.45) is 0 Å². The van der Waals surface area contributed by atoms with E-state index in [9.17, 15) is 4.79 Å². The van der Waals surface area contributed by atoms with Crippen LogP contribution in [0.25, 0.3) is 0 Å². The number of halogens is 3. The van der Waals surface area contributed by atoms with Crippen LogP contribution in [0.5, 0.6) is 0 Å². The Morgan fingerprint density at radius 2 is 2.29 bits per heavy atom. The summed E-state index contributed by atoms with van der Waals surface area (Å²) in [4.78, 5) is 15.6. The number of pyridine rings is 1. The first-order chi connectivity index (χ1) is 7.27. The third-order valence-electron chi connectivity index (χ3n) is 2.41. The molecule has 1 amide bonds. The Kier molecular flexibility index (Phi) is 7.46. The fourth-order valence-corrected chi connectivity index (χ4v) is 1.81. The average molecular weight is 299 g/mol. The molecule has 1 aromatic heterocycles. The first kappa shape index (κ1) is 16.4. The van der Waals surface area contributed by atoms with E-state index in [1.165, 1.54) is 6.20 Å². The Labute approximate surface area is 117 Å². The van der Waals surface area contributed by atoms with Crippen LogP contribution in [0.2, 0.25) is 5.02 Å². The molecular weight excluding hydrogens is 284 g/mol. The van der Waals surface area contributed by atoms with Gasteiger partial charge in [0.05, 0.1) is 10.6 Å². The highest BCUT2D eigenvalue weighted by Crippen LogP contribution is 2.13. The second-order valence-corrected chi connectivity index (χ2v) is 3.93. The molecule has 2 rings (SSSR count). The van der Waals surface area contributed by atoms with Gasteiger partial charge in [0.2, 0.25) is 0 Å². The number of carbonyl (C=O) groups excluding carboxylic acids is 1. The third-order valence-corrected chi connectivity index (χ3v) is 2.71. The van der Waals surface area contributed by atoms with Crippen LogP contribution in [-0.4, -0.2) is 30.0 Å². The van der Waals surface area contributed by atoms with Crippen molar-refractivity contribution < 1.29 is 4.79 Å². The number of nitrogens with zero attached hydrogens (tertiary/aromatic N) is 1. The van der Waals surface area contributed by atoms with Gasteiger partial charge < -0.3 is 10.6 Å². The molecular formula is C10H14Cl3N3O. The van der Waals surface area contributed by atoms with Crippen LogP contribution in [0.4, 0.5) is 0 Å². The fourth-order valence-electron chi connectivity index (χ4n) is 1.60. The van der Waals surface area contributed by atoms with Crippen molar-refractivity contribution >= 4 is 42.3 Å². The van der Waals surface area contributed by atoms with Gasteiger partial charge in [-0.25, -0.2) is 0 Å². The summed E-state index contributed by atoms with van der Waals surface area (Å²) in [7, 11) is 0. The SMILES string of the molecule is Cl.Cl.O=C(NC1CCNC1)c1ccncc1Cl. The quantitative estimate of drug-likeness (QED) is 0.873. The maximum Gasteiger partial charge on any atom is 0.253 e. The molecule has 0 saturated carbocycles. The molecule has 1 atom stereocenters. The molecule has 1 aromatic rings. The first-order valence-electron chi connectivity index (χ1n) is 4.88. The van der Waals surface area contributed by atoms with Crippen LogP contribution in [0.3, 0.4) is 0 Å². The normalized spacial score (nSPS) is 17.8. The van der Waals surface area contributed by atoms with Gasteiger partial charge >= 0.3 is 0 Å². The topological polar surface area (TPSA) is 54.0 Å². The van der Waals surface area contributed by atoms with E-state index in [0.717, 1.165) is 19.5 Å². The predicted octanol–water partition coefficient (Wildman–Crippen LogP) is 1.67. The molecule has 0 aliphatic carbocycles. The molecule has 17 heavy (non-hydrogen) atoms. The molecule has 1 unspecified atom stereocenters. The smallest absolute Gasteiger partial charge is 0.253 e. The van der Waals surface area contributed by atoms with Crippen molar-refractivity contribution in [2.45, 2.75) is 12.5 Å². The number of hydrogen-bond acceptors (Lipinski definition) is 3. The maximum absolute atomic E-state index is 11.8. The standard InChI is InChI=1S/C10H12ClN3O.2ClH/c11-9-6-13-4-2-8(9)10(15)14-7-1-3-12-5-7;;/h2,4,6-7,12H,1,3,5H2,(H,14,15);2*1H. The van der Waals surface area contributed by atoms with Gasteiger partial charge in [0.15, 0.2) is 0 Å². The monoisotopic (exact) mass is 297 g/mol. The van der Waals surface area contributed by atoms with Crippen LogP contribution in [0.1, 0.15) is 16.8 Å². The number of carbonyl (C=O) groups is 1. The summed E-state index contributed by atoms with van der Waals surface area (Å²) in [6.07, 6.45) is 4.01. The highest BCUT2D eigenvalue weighted by molar-refractivity contribution is 6.33. The van der Waals surface area contributed by atoms with Gasteiger partial charge in [-0.15, -0.1) is 24.8 Å². The zero-order valence-corrected chi connectivity index (χ0v) is 11.4. The first-order valence-corrected chi connectivity index (χ1v) is 5.26. The highest BCUT2D eigenvalue weighted by Gasteiger charge is 2.18. The summed E-state index contributed by atoms with van der Waals surface area (Å²) in [6, 6.07) is 1.83. The number of nitrogens with one attached hydrogen (secondary N) is 2.